The molecule has 1 aliphatic rings. The van der Waals surface area contributed by atoms with E-state index < -0.39 is 5.82 Å². The summed E-state index contributed by atoms with van der Waals surface area (Å²) in [6.07, 6.45) is 2.10. The number of rotatable bonds is 5. The highest BCUT2D eigenvalue weighted by Crippen LogP contribution is 2.18. The summed E-state index contributed by atoms with van der Waals surface area (Å²) in [5, 5.41) is 10.5. The molecule has 1 aromatic carbocycles. The Bertz CT molecular complexity index is 741. The smallest absolute Gasteiger partial charge is 0.251 e. The van der Waals surface area contributed by atoms with Crippen molar-refractivity contribution in [3.05, 3.63) is 47.0 Å². The predicted octanol–water partition coefficient (Wildman–Crippen LogP) is 2.78. The van der Waals surface area contributed by atoms with Crippen molar-refractivity contribution in [2.24, 2.45) is 5.92 Å². The van der Waals surface area contributed by atoms with Crippen LogP contribution in [0.4, 0.5) is 4.39 Å². The first-order valence-corrected chi connectivity index (χ1v) is 8.36. The molecule has 1 atom stereocenters. The van der Waals surface area contributed by atoms with Crippen LogP contribution in [-0.2, 0) is 0 Å². The largest absolute Gasteiger partial charge is 0.352 e. The lowest BCUT2D eigenvalue weighted by Gasteiger charge is -2.11. The van der Waals surface area contributed by atoms with E-state index >= 15 is 0 Å². The number of hydrogen-bond donors (Lipinski definition) is 2. The molecule has 1 aliphatic heterocycles. The molecule has 1 unspecified atom stereocenters. The molecule has 0 saturated carbocycles. The summed E-state index contributed by atoms with van der Waals surface area (Å²) in [5.41, 5.74) is 2.38. The van der Waals surface area contributed by atoms with E-state index in [2.05, 4.69) is 15.7 Å². The number of hydrogen-bond acceptors (Lipinski definition) is 3. The van der Waals surface area contributed by atoms with Crippen LogP contribution in [-0.4, -0.2) is 35.3 Å². The minimum atomic E-state index is -0.450. The van der Waals surface area contributed by atoms with E-state index in [1.807, 2.05) is 19.9 Å². The first-order valence-electron chi connectivity index (χ1n) is 8.36. The minimum Gasteiger partial charge on any atom is -0.352 e. The van der Waals surface area contributed by atoms with Crippen LogP contribution < -0.4 is 10.6 Å². The quantitative estimate of drug-likeness (QED) is 0.855. The predicted molar refractivity (Wildman–Crippen MR) is 98.2 cm³/mol. The third-order valence-corrected chi connectivity index (χ3v) is 4.45. The van der Waals surface area contributed by atoms with Gasteiger partial charge in [-0.25, -0.2) is 9.07 Å². The van der Waals surface area contributed by atoms with E-state index in [-0.39, 0.29) is 18.3 Å². The van der Waals surface area contributed by atoms with Crippen molar-refractivity contribution in [1.29, 1.82) is 0 Å². The van der Waals surface area contributed by atoms with Gasteiger partial charge in [0.25, 0.3) is 5.91 Å². The molecule has 136 valence electrons. The molecule has 1 aromatic heterocycles. The second-order valence-corrected chi connectivity index (χ2v) is 6.41. The molecule has 25 heavy (non-hydrogen) atoms. The highest BCUT2D eigenvalue weighted by Gasteiger charge is 2.16. The molecule has 0 bridgehead atoms. The van der Waals surface area contributed by atoms with Gasteiger partial charge in [-0.1, -0.05) is 0 Å². The maximum atomic E-state index is 14.4. The van der Waals surface area contributed by atoms with Crippen LogP contribution in [0, 0.1) is 25.6 Å². The molecular weight excluding hydrogens is 343 g/mol. The van der Waals surface area contributed by atoms with E-state index in [1.54, 1.807) is 16.8 Å². The van der Waals surface area contributed by atoms with Gasteiger partial charge in [0.2, 0.25) is 0 Å². The van der Waals surface area contributed by atoms with Gasteiger partial charge >= 0.3 is 0 Å². The Kier molecular flexibility index (Phi) is 6.56. The summed E-state index contributed by atoms with van der Waals surface area (Å²) in [7, 11) is 0. The van der Waals surface area contributed by atoms with Crippen molar-refractivity contribution in [2.45, 2.75) is 26.7 Å². The normalized spacial score (nSPS) is 16.5. The number of carbonyl (C=O) groups excluding carboxylic acids is 1. The molecule has 3 rings (SSSR count). The number of nitrogens with one attached hydrogen (secondary N) is 2. The molecule has 1 fully saturated rings. The molecule has 0 spiro atoms. The molecular formula is C18H24ClFN4O. The van der Waals surface area contributed by atoms with E-state index in [9.17, 15) is 9.18 Å². The fourth-order valence-corrected chi connectivity index (χ4v) is 3.15. The lowest BCUT2D eigenvalue weighted by atomic mass is 10.1. The first-order chi connectivity index (χ1) is 11.5. The fourth-order valence-electron chi connectivity index (χ4n) is 3.15. The van der Waals surface area contributed by atoms with Crippen molar-refractivity contribution in [3.8, 4) is 5.69 Å². The standard InChI is InChI=1S/C18H23FN4O.ClH/c1-12-9-13(2)23(22-12)17-4-3-15(10-16(17)19)18(24)21-8-6-14-5-7-20-11-14;/h3-4,9-10,14,20H,5-8,11H2,1-2H3,(H,21,24);1H. The van der Waals surface area contributed by atoms with Crippen molar-refractivity contribution < 1.29 is 9.18 Å². The number of benzene rings is 1. The molecule has 1 saturated heterocycles. The second-order valence-electron chi connectivity index (χ2n) is 6.41. The molecule has 1 amide bonds. The Morgan fingerprint density at radius 2 is 2.20 bits per heavy atom. The third-order valence-electron chi connectivity index (χ3n) is 4.45. The van der Waals surface area contributed by atoms with Crippen LogP contribution in [0.15, 0.2) is 24.3 Å². The van der Waals surface area contributed by atoms with Crippen LogP contribution in [0.25, 0.3) is 5.69 Å². The average Bonchev–Trinajstić information content (AvgIpc) is 3.16. The third kappa shape index (κ3) is 4.58. The van der Waals surface area contributed by atoms with Gasteiger partial charge in [-0.15, -0.1) is 12.4 Å². The van der Waals surface area contributed by atoms with Crippen molar-refractivity contribution in [3.63, 3.8) is 0 Å². The van der Waals surface area contributed by atoms with Gasteiger partial charge in [0.05, 0.1) is 5.69 Å². The molecule has 0 radical (unpaired) electrons. The van der Waals surface area contributed by atoms with Crippen LogP contribution in [0.3, 0.4) is 0 Å². The summed E-state index contributed by atoms with van der Waals surface area (Å²) in [5.74, 6) is -0.0657. The van der Waals surface area contributed by atoms with Gasteiger partial charge in [0.15, 0.2) is 0 Å². The second kappa shape index (κ2) is 8.45. The number of aromatic nitrogens is 2. The minimum absolute atomic E-state index is 0. The molecule has 2 aromatic rings. The average molecular weight is 367 g/mol. The van der Waals surface area contributed by atoms with Gasteiger partial charge in [0, 0.05) is 17.8 Å². The summed E-state index contributed by atoms with van der Waals surface area (Å²) < 4.78 is 16.0. The van der Waals surface area contributed by atoms with Gasteiger partial charge < -0.3 is 10.6 Å². The van der Waals surface area contributed by atoms with E-state index in [0.717, 1.165) is 37.3 Å². The number of halogens is 2. The maximum absolute atomic E-state index is 14.4. The topological polar surface area (TPSA) is 59.0 Å². The lowest BCUT2D eigenvalue weighted by Crippen LogP contribution is -2.26. The van der Waals surface area contributed by atoms with Crippen molar-refractivity contribution in [2.75, 3.05) is 19.6 Å². The summed E-state index contributed by atoms with van der Waals surface area (Å²) in [6.45, 7) is 6.42. The van der Waals surface area contributed by atoms with E-state index in [0.29, 0.717) is 23.7 Å². The van der Waals surface area contributed by atoms with Crippen LogP contribution in [0.2, 0.25) is 0 Å². The summed E-state index contributed by atoms with van der Waals surface area (Å²) >= 11 is 0. The van der Waals surface area contributed by atoms with Crippen molar-refractivity contribution in [1.82, 2.24) is 20.4 Å². The van der Waals surface area contributed by atoms with Crippen LogP contribution >= 0.6 is 12.4 Å². The van der Waals surface area contributed by atoms with Gasteiger partial charge in [-0.05, 0) is 70.0 Å². The van der Waals surface area contributed by atoms with E-state index in [4.69, 9.17) is 0 Å². The van der Waals surface area contributed by atoms with Crippen LogP contribution in [0.5, 0.6) is 0 Å². The molecule has 7 heteroatoms. The highest BCUT2D eigenvalue weighted by atomic mass is 35.5. The molecule has 0 aliphatic carbocycles. The summed E-state index contributed by atoms with van der Waals surface area (Å²) in [6, 6.07) is 6.40. The summed E-state index contributed by atoms with van der Waals surface area (Å²) in [4.78, 5) is 12.2. The Morgan fingerprint density at radius 1 is 1.40 bits per heavy atom. The first kappa shape index (κ1) is 19.4. The number of aryl methyl sites for hydroxylation is 2. The maximum Gasteiger partial charge on any atom is 0.251 e. The SMILES string of the molecule is Cc1cc(C)n(-c2ccc(C(=O)NCCC3CCNC3)cc2F)n1.Cl. The number of amides is 1. The molecule has 2 N–H and O–H groups in total. The Morgan fingerprint density at radius 3 is 2.80 bits per heavy atom. The Hall–Kier alpha value is -1.92. The van der Waals surface area contributed by atoms with Gasteiger partial charge in [-0.2, -0.15) is 5.10 Å². The fraction of sp³-hybridized carbons (Fsp3) is 0.444. The van der Waals surface area contributed by atoms with Gasteiger partial charge in [-0.3, -0.25) is 4.79 Å². The Labute approximate surface area is 153 Å². The monoisotopic (exact) mass is 366 g/mol. The Balaban J connectivity index is 0.00000225. The van der Waals surface area contributed by atoms with E-state index in [1.165, 1.54) is 6.07 Å². The van der Waals surface area contributed by atoms with Crippen molar-refractivity contribution >= 4 is 18.3 Å². The number of carbonyl (C=O) groups is 1. The zero-order chi connectivity index (χ0) is 17.1. The molecule has 2 heterocycles. The van der Waals surface area contributed by atoms with Crippen LogP contribution in [0.1, 0.15) is 34.6 Å². The highest BCUT2D eigenvalue weighted by molar-refractivity contribution is 5.94. The lowest BCUT2D eigenvalue weighted by molar-refractivity contribution is 0.0951. The zero-order valence-electron chi connectivity index (χ0n) is 14.5. The molecule has 5 nitrogen and oxygen atoms in total. The zero-order valence-corrected chi connectivity index (χ0v) is 15.3. The number of nitrogens with zero attached hydrogens (tertiary/aromatic N) is 2. The van der Waals surface area contributed by atoms with Gasteiger partial charge in [0.1, 0.15) is 11.5 Å².